The van der Waals surface area contributed by atoms with Crippen LogP contribution in [0.2, 0.25) is 0 Å². The van der Waals surface area contributed by atoms with Gasteiger partial charge in [0.05, 0.1) is 0 Å². The maximum absolute atomic E-state index is 12.7. The molecule has 1 aliphatic heterocycles. The van der Waals surface area contributed by atoms with Gasteiger partial charge in [0.15, 0.2) is 0 Å². The van der Waals surface area contributed by atoms with Gasteiger partial charge in [0.2, 0.25) is 11.7 Å². The molecule has 9 nitrogen and oxygen atoms in total. The summed E-state index contributed by atoms with van der Waals surface area (Å²) in [6.45, 7) is 2.30. The number of hydrogen-bond donors (Lipinski definition) is 3. The Hall–Kier alpha value is -2.65. The highest BCUT2D eigenvalue weighted by Crippen LogP contribution is 2.17. The van der Waals surface area contributed by atoms with E-state index in [1.165, 1.54) is 7.05 Å². The highest BCUT2D eigenvalue weighted by atomic mass is 35.5. The maximum Gasteiger partial charge on any atom is 0.343 e. The van der Waals surface area contributed by atoms with E-state index in [2.05, 4.69) is 20.7 Å². The highest BCUT2D eigenvalue weighted by molar-refractivity contribution is 5.90. The van der Waals surface area contributed by atoms with Crippen LogP contribution in [0, 0.1) is 0 Å². The van der Waals surface area contributed by atoms with Crippen LogP contribution in [-0.4, -0.2) is 57.7 Å². The number of nitrogens with one attached hydrogen (secondary N) is 3. The minimum absolute atomic E-state index is 0. The molecule has 1 aromatic carbocycles. The van der Waals surface area contributed by atoms with E-state index in [0.717, 1.165) is 29.6 Å². The molecule has 2 aromatic rings. The number of H-pyrrole nitrogens is 1. The Balaban J connectivity index is 0.00000320. The molecule has 164 valence electrons. The summed E-state index contributed by atoms with van der Waals surface area (Å²) in [4.78, 5) is 40.8. The van der Waals surface area contributed by atoms with Crippen molar-refractivity contribution in [1.29, 1.82) is 0 Å². The van der Waals surface area contributed by atoms with Crippen molar-refractivity contribution < 1.29 is 9.59 Å². The van der Waals surface area contributed by atoms with Crippen LogP contribution < -0.4 is 16.3 Å². The van der Waals surface area contributed by atoms with Crippen molar-refractivity contribution in [3.05, 3.63) is 52.2 Å². The smallest absolute Gasteiger partial charge is 0.343 e. The van der Waals surface area contributed by atoms with Crippen LogP contribution in [0.15, 0.2) is 35.1 Å². The summed E-state index contributed by atoms with van der Waals surface area (Å²) in [5.74, 6) is -0.260. The third-order valence-electron chi connectivity index (χ3n) is 5.02. The summed E-state index contributed by atoms with van der Waals surface area (Å²) in [5, 5.41) is 10.4. The van der Waals surface area contributed by atoms with Gasteiger partial charge >= 0.3 is 5.69 Å². The first-order valence-electron chi connectivity index (χ1n) is 10.0. The SMILES string of the molecule is Cl.Cn1nc(C(=O)N2CCCCNC(c3ccccc3)CC(=O)NCCC2)[nH]c1=O. The zero-order valence-corrected chi connectivity index (χ0v) is 17.9. The molecule has 3 N–H and O–H groups in total. The van der Waals surface area contributed by atoms with E-state index in [1.54, 1.807) is 4.90 Å². The van der Waals surface area contributed by atoms with Gasteiger partial charge in [0.25, 0.3) is 5.91 Å². The second-order valence-corrected chi connectivity index (χ2v) is 7.23. The Bertz CT molecular complexity index is 882. The predicted molar refractivity (Wildman–Crippen MR) is 116 cm³/mol. The third-order valence-corrected chi connectivity index (χ3v) is 5.02. The topological polar surface area (TPSA) is 112 Å². The fraction of sp³-hybridized carbons (Fsp3) is 0.500. The van der Waals surface area contributed by atoms with Gasteiger partial charge in [-0.25, -0.2) is 9.48 Å². The average molecular weight is 437 g/mol. The molecule has 1 atom stereocenters. The molecular weight excluding hydrogens is 408 g/mol. The molecule has 30 heavy (non-hydrogen) atoms. The summed E-state index contributed by atoms with van der Waals surface area (Å²) in [5.41, 5.74) is 0.677. The Morgan fingerprint density at radius 3 is 2.50 bits per heavy atom. The van der Waals surface area contributed by atoms with E-state index >= 15 is 0 Å². The summed E-state index contributed by atoms with van der Waals surface area (Å²) < 4.78 is 1.11. The normalized spacial score (nSPS) is 18.9. The minimum Gasteiger partial charge on any atom is -0.356 e. The van der Waals surface area contributed by atoms with Crippen molar-refractivity contribution in [2.75, 3.05) is 26.2 Å². The molecule has 3 rings (SSSR count). The standard InChI is InChI=1S/C20H28N6O3.ClH/c1-25-20(29)23-18(24-25)19(28)26-12-6-5-10-21-16(15-8-3-2-4-9-15)14-17(27)22-11-7-13-26;/h2-4,8-9,16,21H,5-7,10-14H2,1H3,(H,22,27)(H,23,24,29);1H. The lowest BCUT2D eigenvalue weighted by atomic mass is 10.0. The van der Waals surface area contributed by atoms with Crippen molar-refractivity contribution in [3.8, 4) is 0 Å². The molecule has 1 saturated heterocycles. The number of rotatable bonds is 2. The number of carbonyl (C=O) groups excluding carboxylic acids is 2. The van der Waals surface area contributed by atoms with Crippen molar-refractivity contribution in [2.24, 2.45) is 7.05 Å². The lowest BCUT2D eigenvalue weighted by molar-refractivity contribution is -0.121. The molecule has 0 saturated carbocycles. The molecular formula is C20H29ClN6O3. The summed E-state index contributed by atoms with van der Waals surface area (Å²) in [7, 11) is 1.50. The zero-order chi connectivity index (χ0) is 20.6. The summed E-state index contributed by atoms with van der Waals surface area (Å²) >= 11 is 0. The fourth-order valence-electron chi connectivity index (χ4n) is 3.42. The highest BCUT2D eigenvalue weighted by Gasteiger charge is 2.21. The molecule has 0 aliphatic carbocycles. The zero-order valence-electron chi connectivity index (χ0n) is 17.1. The van der Waals surface area contributed by atoms with Gasteiger partial charge in [-0.3, -0.25) is 14.6 Å². The second-order valence-electron chi connectivity index (χ2n) is 7.23. The second kappa shape index (κ2) is 11.5. The van der Waals surface area contributed by atoms with Crippen LogP contribution >= 0.6 is 12.4 Å². The van der Waals surface area contributed by atoms with Crippen molar-refractivity contribution in [3.63, 3.8) is 0 Å². The van der Waals surface area contributed by atoms with Gasteiger partial charge in [-0.15, -0.1) is 17.5 Å². The van der Waals surface area contributed by atoms with Gasteiger partial charge in [-0.1, -0.05) is 30.3 Å². The first-order valence-corrected chi connectivity index (χ1v) is 10.0. The van der Waals surface area contributed by atoms with Gasteiger partial charge < -0.3 is 15.5 Å². The molecule has 10 heteroatoms. The van der Waals surface area contributed by atoms with Crippen LogP contribution in [0.1, 0.15) is 47.9 Å². The lowest BCUT2D eigenvalue weighted by Gasteiger charge is -2.21. The lowest BCUT2D eigenvalue weighted by Crippen LogP contribution is -2.36. The third kappa shape index (κ3) is 6.43. The van der Waals surface area contributed by atoms with Crippen LogP contribution in [-0.2, 0) is 11.8 Å². The van der Waals surface area contributed by atoms with Crippen LogP contribution in [0.4, 0.5) is 0 Å². The minimum atomic E-state index is -0.414. The molecule has 2 heterocycles. The maximum atomic E-state index is 12.7. The first kappa shape index (κ1) is 23.6. The molecule has 1 fully saturated rings. The first-order chi connectivity index (χ1) is 14.0. The number of aromatic nitrogens is 3. The number of nitrogens with zero attached hydrogens (tertiary/aromatic N) is 3. The van der Waals surface area contributed by atoms with Crippen molar-refractivity contribution in [2.45, 2.75) is 31.7 Å². The number of amides is 2. The van der Waals surface area contributed by atoms with E-state index in [0.29, 0.717) is 32.5 Å². The van der Waals surface area contributed by atoms with E-state index in [4.69, 9.17) is 0 Å². The molecule has 2 amide bonds. The van der Waals surface area contributed by atoms with E-state index in [9.17, 15) is 14.4 Å². The Labute approximate surface area is 181 Å². The Morgan fingerprint density at radius 2 is 1.80 bits per heavy atom. The largest absolute Gasteiger partial charge is 0.356 e. The van der Waals surface area contributed by atoms with Crippen molar-refractivity contribution >= 4 is 24.2 Å². The number of halogens is 1. The van der Waals surface area contributed by atoms with Gasteiger partial charge in [-0.05, 0) is 31.4 Å². The van der Waals surface area contributed by atoms with E-state index < -0.39 is 5.69 Å². The molecule has 1 unspecified atom stereocenters. The number of hydrogen-bond acceptors (Lipinski definition) is 5. The number of carbonyl (C=O) groups is 2. The number of benzene rings is 1. The average Bonchev–Trinajstić information content (AvgIpc) is 3.07. The molecule has 1 aromatic heterocycles. The van der Waals surface area contributed by atoms with Crippen LogP contribution in [0.3, 0.4) is 0 Å². The number of aryl methyl sites for hydroxylation is 1. The van der Waals surface area contributed by atoms with E-state index in [-0.39, 0.29) is 36.1 Å². The van der Waals surface area contributed by atoms with Crippen molar-refractivity contribution in [1.82, 2.24) is 30.3 Å². The number of aromatic amines is 1. The van der Waals surface area contributed by atoms with E-state index in [1.807, 2.05) is 30.3 Å². The molecule has 0 bridgehead atoms. The van der Waals surface area contributed by atoms with Crippen LogP contribution in [0.5, 0.6) is 0 Å². The van der Waals surface area contributed by atoms with Gasteiger partial charge in [0, 0.05) is 39.1 Å². The fourth-order valence-corrected chi connectivity index (χ4v) is 3.42. The Kier molecular flexibility index (Phi) is 9.07. The molecule has 0 radical (unpaired) electrons. The quantitative estimate of drug-likeness (QED) is 0.650. The monoisotopic (exact) mass is 436 g/mol. The van der Waals surface area contributed by atoms with Gasteiger partial charge in [0.1, 0.15) is 0 Å². The van der Waals surface area contributed by atoms with Gasteiger partial charge in [-0.2, -0.15) is 0 Å². The Morgan fingerprint density at radius 1 is 1.07 bits per heavy atom. The molecule has 1 aliphatic rings. The summed E-state index contributed by atoms with van der Waals surface area (Å²) in [6.07, 6.45) is 2.70. The summed E-state index contributed by atoms with van der Waals surface area (Å²) in [6, 6.07) is 9.93. The van der Waals surface area contributed by atoms with Crippen LogP contribution in [0.25, 0.3) is 0 Å². The molecule has 0 spiro atoms. The predicted octanol–water partition coefficient (Wildman–Crippen LogP) is 0.994.